The monoisotopic (exact) mass is 543 g/mol. The minimum absolute atomic E-state index is 0.00803. The first-order chi connectivity index (χ1) is 17.7. The number of fused-ring (bicyclic) bond motifs is 1. The Morgan fingerprint density at radius 2 is 1.58 bits per heavy atom. The molecule has 1 aliphatic rings. The molecular formula is C23H23F6N7O2. The van der Waals surface area contributed by atoms with Gasteiger partial charge in [0.1, 0.15) is 0 Å². The van der Waals surface area contributed by atoms with Gasteiger partial charge in [-0.15, -0.1) is 0 Å². The van der Waals surface area contributed by atoms with E-state index in [-0.39, 0.29) is 18.2 Å². The summed E-state index contributed by atoms with van der Waals surface area (Å²) < 4.78 is 81.1. The molecule has 3 heterocycles. The topological polar surface area (TPSA) is 86.6 Å². The number of rotatable bonds is 4. The number of pyridine rings is 1. The van der Waals surface area contributed by atoms with Crippen LogP contribution in [0.2, 0.25) is 0 Å². The number of aryl methyl sites for hydroxylation is 2. The van der Waals surface area contributed by atoms with Crippen molar-refractivity contribution < 1.29 is 35.9 Å². The summed E-state index contributed by atoms with van der Waals surface area (Å²) in [6, 6.07) is -0.582. The standard InChI is InChI=1S/C23H23F6N7O2/c1-13-18-19(35-6-4-33(2)5-7-35)17(11-30-20(18)34(3)32-13)36(12-37)21(38)31-16-9-14(22(24,25)26)8-15(10-16)23(27,28)29/h8-12H,4-7H2,1-3H3,(H,31,38). The molecule has 0 spiro atoms. The Kier molecular flexibility index (Phi) is 6.99. The van der Waals surface area contributed by atoms with Crippen LogP contribution in [0.3, 0.4) is 0 Å². The quantitative estimate of drug-likeness (QED) is 0.391. The number of imide groups is 1. The molecular weight excluding hydrogens is 520 g/mol. The lowest BCUT2D eigenvalue weighted by Gasteiger charge is -2.36. The summed E-state index contributed by atoms with van der Waals surface area (Å²) >= 11 is 0. The number of anilines is 3. The van der Waals surface area contributed by atoms with Crippen LogP contribution < -0.4 is 15.1 Å². The Morgan fingerprint density at radius 3 is 2.11 bits per heavy atom. The molecule has 3 aromatic rings. The van der Waals surface area contributed by atoms with Crippen LogP contribution in [0.25, 0.3) is 11.0 Å². The second kappa shape index (κ2) is 9.78. The van der Waals surface area contributed by atoms with Gasteiger partial charge in [-0.25, -0.2) is 14.7 Å². The molecule has 3 amide bonds. The zero-order valence-corrected chi connectivity index (χ0v) is 20.5. The van der Waals surface area contributed by atoms with Crippen molar-refractivity contribution in [3.8, 4) is 0 Å². The molecule has 0 bridgehead atoms. The molecule has 1 fully saturated rings. The van der Waals surface area contributed by atoms with Crippen molar-refractivity contribution in [2.75, 3.05) is 48.3 Å². The predicted octanol–water partition coefficient (Wildman–Crippen LogP) is 4.26. The summed E-state index contributed by atoms with van der Waals surface area (Å²) in [5.74, 6) is 0. The Labute approximate surface area is 212 Å². The SMILES string of the molecule is Cc1nn(C)c2ncc(N(C=O)C(=O)Nc3cc(C(F)(F)F)cc(C(F)(F)F)c3)c(N3CCN(C)CC3)c12. The van der Waals surface area contributed by atoms with E-state index in [0.29, 0.717) is 65.6 Å². The van der Waals surface area contributed by atoms with Crippen LogP contribution in [-0.2, 0) is 24.2 Å². The molecule has 38 heavy (non-hydrogen) atoms. The van der Waals surface area contributed by atoms with Gasteiger partial charge in [-0.1, -0.05) is 0 Å². The molecule has 2 aromatic heterocycles. The normalized spacial score (nSPS) is 15.1. The van der Waals surface area contributed by atoms with Crippen molar-refractivity contribution in [2.45, 2.75) is 19.3 Å². The number of alkyl halides is 6. The molecule has 204 valence electrons. The van der Waals surface area contributed by atoms with Crippen molar-refractivity contribution in [1.29, 1.82) is 0 Å². The number of likely N-dealkylation sites (N-methyl/N-ethyl adjacent to an activating group) is 1. The first-order valence-corrected chi connectivity index (χ1v) is 11.3. The van der Waals surface area contributed by atoms with Gasteiger partial charge in [-0.2, -0.15) is 31.4 Å². The number of nitrogens with one attached hydrogen (secondary N) is 1. The fourth-order valence-corrected chi connectivity index (χ4v) is 4.33. The van der Waals surface area contributed by atoms with E-state index in [0.717, 1.165) is 0 Å². The maximum Gasteiger partial charge on any atom is 0.416 e. The van der Waals surface area contributed by atoms with Crippen molar-refractivity contribution >= 4 is 40.5 Å². The molecule has 0 radical (unpaired) electrons. The molecule has 0 atom stereocenters. The highest BCUT2D eigenvalue weighted by Gasteiger charge is 2.37. The Balaban J connectivity index is 1.78. The lowest BCUT2D eigenvalue weighted by molar-refractivity contribution is -0.143. The van der Waals surface area contributed by atoms with Gasteiger partial charge in [0.05, 0.1) is 39.8 Å². The van der Waals surface area contributed by atoms with Crippen LogP contribution in [0.5, 0.6) is 0 Å². The minimum Gasteiger partial charge on any atom is -0.367 e. The Bertz CT molecular complexity index is 1350. The number of hydrogen-bond acceptors (Lipinski definition) is 6. The van der Waals surface area contributed by atoms with Gasteiger partial charge in [-0.05, 0) is 32.2 Å². The number of halogens is 6. The summed E-state index contributed by atoms with van der Waals surface area (Å²) in [5.41, 5.74) is -2.50. The fraction of sp³-hybridized carbons (Fsp3) is 0.391. The maximum absolute atomic E-state index is 13.3. The molecule has 1 saturated heterocycles. The molecule has 15 heteroatoms. The number of carbonyl (C=O) groups excluding carboxylic acids is 2. The Morgan fingerprint density at radius 1 is 1.00 bits per heavy atom. The van der Waals surface area contributed by atoms with E-state index in [4.69, 9.17) is 0 Å². The van der Waals surface area contributed by atoms with Crippen molar-refractivity contribution in [1.82, 2.24) is 19.7 Å². The number of amides is 3. The van der Waals surface area contributed by atoms with E-state index in [1.165, 1.54) is 10.9 Å². The Hall–Kier alpha value is -3.88. The van der Waals surface area contributed by atoms with Crippen LogP contribution in [0.1, 0.15) is 16.8 Å². The van der Waals surface area contributed by atoms with Gasteiger partial charge < -0.3 is 15.1 Å². The first-order valence-electron chi connectivity index (χ1n) is 11.3. The van der Waals surface area contributed by atoms with Crippen LogP contribution in [-0.4, -0.2) is 65.3 Å². The highest BCUT2D eigenvalue weighted by atomic mass is 19.4. The molecule has 1 aliphatic heterocycles. The van der Waals surface area contributed by atoms with E-state index >= 15 is 0 Å². The van der Waals surface area contributed by atoms with Crippen molar-refractivity contribution in [3.63, 3.8) is 0 Å². The van der Waals surface area contributed by atoms with E-state index in [9.17, 15) is 35.9 Å². The average Bonchev–Trinajstić information content (AvgIpc) is 3.12. The van der Waals surface area contributed by atoms with Crippen LogP contribution in [0.4, 0.5) is 48.2 Å². The lowest BCUT2D eigenvalue weighted by Crippen LogP contribution is -2.45. The average molecular weight is 543 g/mol. The zero-order valence-electron chi connectivity index (χ0n) is 20.5. The number of urea groups is 1. The largest absolute Gasteiger partial charge is 0.416 e. The van der Waals surface area contributed by atoms with Crippen LogP contribution >= 0.6 is 0 Å². The highest BCUT2D eigenvalue weighted by Crippen LogP contribution is 2.39. The second-order valence-corrected chi connectivity index (χ2v) is 8.89. The van der Waals surface area contributed by atoms with Gasteiger partial charge in [-0.3, -0.25) is 9.48 Å². The smallest absolute Gasteiger partial charge is 0.367 e. The molecule has 4 rings (SSSR count). The third-order valence-corrected chi connectivity index (χ3v) is 6.22. The summed E-state index contributed by atoms with van der Waals surface area (Å²) in [4.78, 5) is 34.2. The summed E-state index contributed by atoms with van der Waals surface area (Å²) in [5, 5.41) is 6.93. The number of piperazine rings is 1. The maximum atomic E-state index is 13.3. The molecule has 9 nitrogen and oxygen atoms in total. The molecule has 1 N–H and O–H groups in total. The first kappa shape index (κ1) is 27.2. The fourth-order valence-electron chi connectivity index (χ4n) is 4.33. The van der Waals surface area contributed by atoms with E-state index < -0.39 is 35.2 Å². The molecule has 1 aromatic carbocycles. The van der Waals surface area contributed by atoms with Gasteiger partial charge in [0, 0.05) is 38.9 Å². The van der Waals surface area contributed by atoms with Gasteiger partial charge in [0.25, 0.3) is 0 Å². The van der Waals surface area contributed by atoms with Gasteiger partial charge >= 0.3 is 18.4 Å². The van der Waals surface area contributed by atoms with Crippen molar-refractivity contribution in [3.05, 3.63) is 41.2 Å². The highest BCUT2D eigenvalue weighted by molar-refractivity contribution is 6.16. The second-order valence-electron chi connectivity index (χ2n) is 8.89. The van der Waals surface area contributed by atoms with E-state index in [1.54, 1.807) is 14.0 Å². The van der Waals surface area contributed by atoms with Gasteiger partial charge in [0.2, 0.25) is 6.41 Å². The molecule has 0 aliphatic carbocycles. The van der Waals surface area contributed by atoms with E-state index in [2.05, 4.69) is 15.0 Å². The van der Waals surface area contributed by atoms with E-state index in [1.807, 2.05) is 17.3 Å². The summed E-state index contributed by atoms with van der Waals surface area (Å²) in [6.07, 6.45) is -8.83. The number of benzene rings is 1. The third-order valence-electron chi connectivity index (χ3n) is 6.22. The number of carbonyl (C=O) groups is 2. The van der Waals surface area contributed by atoms with Crippen molar-refractivity contribution in [2.24, 2.45) is 7.05 Å². The third kappa shape index (κ3) is 5.23. The number of aromatic nitrogens is 3. The molecule has 0 saturated carbocycles. The summed E-state index contributed by atoms with van der Waals surface area (Å²) in [7, 11) is 3.61. The van der Waals surface area contributed by atoms with Crippen LogP contribution in [0.15, 0.2) is 24.4 Å². The summed E-state index contributed by atoms with van der Waals surface area (Å²) in [6.45, 7) is 4.10. The zero-order chi connectivity index (χ0) is 28.0. The minimum atomic E-state index is -5.10. The number of hydrogen-bond donors (Lipinski definition) is 1. The molecule has 0 unspecified atom stereocenters. The lowest BCUT2D eigenvalue weighted by atomic mass is 10.1. The van der Waals surface area contributed by atoms with Gasteiger partial charge in [0.15, 0.2) is 5.65 Å². The predicted molar refractivity (Wildman–Crippen MR) is 127 cm³/mol. The van der Waals surface area contributed by atoms with Crippen LogP contribution in [0, 0.1) is 6.92 Å². The number of nitrogens with zero attached hydrogens (tertiary/aromatic N) is 6.